The summed E-state index contributed by atoms with van der Waals surface area (Å²) in [6.07, 6.45) is 2.15. The molecule has 1 aromatic heterocycles. The Hall–Kier alpha value is -1.74. The van der Waals surface area contributed by atoms with E-state index in [4.69, 9.17) is 0 Å². The third-order valence-corrected chi connectivity index (χ3v) is 3.61. The van der Waals surface area contributed by atoms with Crippen LogP contribution in [0, 0.1) is 13.8 Å². The van der Waals surface area contributed by atoms with Gasteiger partial charge in [0.1, 0.15) is 0 Å². The third-order valence-electron chi connectivity index (χ3n) is 3.61. The van der Waals surface area contributed by atoms with Gasteiger partial charge in [-0.2, -0.15) is 0 Å². The summed E-state index contributed by atoms with van der Waals surface area (Å²) in [6, 6.07) is 10.7. The molecule has 0 saturated carbocycles. The van der Waals surface area contributed by atoms with Gasteiger partial charge in [0, 0.05) is 23.0 Å². The van der Waals surface area contributed by atoms with Crippen molar-refractivity contribution in [2.24, 2.45) is 0 Å². The summed E-state index contributed by atoms with van der Waals surface area (Å²) in [7, 11) is 0. The summed E-state index contributed by atoms with van der Waals surface area (Å²) in [5, 5.41) is 3.45. The Morgan fingerprint density at radius 1 is 1.00 bits per heavy atom. The van der Waals surface area contributed by atoms with Crippen LogP contribution >= 0.6 is 0 Å². The van der Waals surface area contributed by atoms with E-state index in [0.29, 0.717) is 6.04 Å². The van der Waals surface area contributed by atoms with Crippen molar-refractivity contribution in [3.8, 4) is 11.4 Å². The van der Waals surface area contributed by atoms with Crippen LogP contribution in [0.15, 0.2) is 30.3 Å². The van der Waals surface area contributed by atoms with E-state index < -0.39 is 0 Å². The standard InChI is InChI=1S/C18H25N3/c1-13(2)19-12-8-11-17-14(3)20-18(21-15(17)4)16-9-6-5-7-10-16/h5-7,9-10,13,19H,8,11-12H2,1-4H3. The lowest BCUT2D eigenvalue weighted by atomic mass is 10.1. The maximum Gasteiger partial charge on any atom is 0.159 e. The van der Waals surface area contributed by atoms with Crippen LogP contribution in [0.25, 0.3) is 11.4 Å². The molecule has 1 heterocycles. The lowest BCUT2D eigenvalue weighted by molar-refractivity contribution is 0.569. The van der Waals surface area contributed by atoms with Crippen molar-refractivity contribution in [2.75, 3.05) is 6.54 Å². The fourth-order valence-electron chi connectivity index (χ4n) is 2.47. The minimum Gasteiger partial charge on any atom is -0.315 e. The molecule has 0 spiro atoms. The van der Waals surface area contributed by atoms with Gasteiger partial charge in [-0.05, 0) is 38.8 Å². The second-order valence-electron chi connectivity index (χ2n) is 5.77. The Morgan fingerprint density at radius 2 is 1.62 bits per heavy atom. The first kappa shape index (κ1) is 15.6. The normalized spacial score (nSPS) is 11.1. The molecule has 2 rings (SSSR count). The van der Waals surface area contributed by atoms with Crippen molar-refractivity contribution in [1.82, 2.24) is 15.3 Å². The summed E-state index contributed by atoms with van der Waals surface area (Å²) in [6.45, 7) is 9.57. The molecule has 0 unspecified atom stereocenters. The molecule has 112 valence electrons. The van der Waals surface area contributed by atoms with Crippen LogP contribution in [0.2, 0.25) is 0 Å². The van der Waals surface area contributed by atoms with E-state index in [1.54, 1.807) is 0 Å². The highest BCUT2D eigenvalue weighted by Crippen LogP contribution is 2.19. The Bertz CT molecular complexity index is 553. The van der Waals surface area contributed by atoms with Crippen LogP contribution in [0.4, 0.5) is 0 Å². The molecule has 21 heavy (non-hydrogen) atoms. The van der Waals surface area contributed by atoms with Crippen LogP contribution in [0.5, 0.6) is 0 Å². The summed E-state index contributed by atoms with van der Waals surface area (Å²) in [5.74, 6) is 0.828. The van der Waals surface area contributed by atoms with Gasteiger partial charge < -0.3 is 5.32 Å². The maximum atomic E-state index is 4.69. The second kappa shape index (κ2) is 7.32. The van der Waals surface area contributed by atoms with Crippen LogP contribution in [0.1, 0.15) is 37.2 Å². The van der Waals surface area contributed by atoms with E-state index in [9.17, 15) is 0 Å². The van der Waals surface area contributed by atoms with Crippen molar-refractivity contribution in [3.05, 3.63) is 47.3 Å². The number of aryl methyl sites for hydroxylation is 2. The van der Waals surface area contributed by atoms with E-state index in [-0.39, 0.29) is 0 Å². The van der Waals surface area contributed by atoms with E-state index in [0.717, 1.165) is 42.2 Å². The minimum absolute atomic E-state index is 0.545. The maximum absolute atomic E-state index is 4.69. The zero-order chi connectivity index (χ0) is 15.2. The Kier molecular flexibility index (Phi) is 5.45. The van der Waals surface area contributed by atoms with E-state index in [1.165, 1.54) is 5.56 Å². The van der Waals surface area contributed by atoms with Gasteiger partial charge in [0.15, 0.2) is 5.82 Å². The molecule has 1 aromatic carbocycles. The first-order chi connectivity index (χ1) is 10.1. The van der Waals surface area contributed by atoms with Gasteiger partial charge in [-0.1, -0.05) is 44.2 Å². The highest BCUT2D eigenvalue weighted by atomic mass is 14.9. The molecular formula is C18H25N3. The number of nitrogens with zero attached hydrogens (tertiary/aromatic N) is 2. The molecule has 0 radical (unpaired) electrons. The predicted octanol–water partition coefficient (Wildman–Crippen LogP) is 3.69. The van der Waals surface area contributed by atoms with Crippen LogP contribution in [-0.2, 0) is 6.42 Å². The summed E-state index contributed by atoms with van der Waals surface area (Å²) in [5.41, 5.74) is 4.58. The topological polar surface area (TPSA) is 37.8 Å². The van der Waals surface area contributed by atoms with E-state index in [1.807, 2.05) is 18.2 Å². The Balaban J connectivity index is 2.11. The summed E-state index contributed by atoms with van der Waals surface area (Å²) < 4.78 is 0. The number of hydrogen-bond donors (Lipinski definition) is 1. The molecule has 1 N–H and O–H groups in total. The van der Waals surface area contributed by atoms with Crippen molar-refractivity contribution in [1.29, 1.82) is 0 Å². The number of benzene rings is 1. The van der Waals surface area contributed by atoms with E-state index >= 15 is 0 Å². The van der Waals surface area contributed by atoms with Crippen molar-refractivity contribution in [2.45, 2.75) is 46.6 Å². The van der Waals surface area contributed by atoms with Crippen LogP contribution in [0.3, 0.4) is 0 Å². The van der Waals surface area contributed by atoms with Gasteiger partial charge in [-0.3, -0.25) is 0 Å². The first-order valence-corrected chi connectivity index (χ1v) is 7.71. The fourth-order valence-corrected chi connectivity index (χ4v) is 2.47. The van der Waals surface area contributed by atoms with Gasteiger partial charge in [0.25, 0.3) is 0 Å². The molecule has 0 fully saturated rings. The molecule has 0 bridgehead atoms. The number of rotatable bonds is 6. The highest BCUT2D eigenvalue weighted by molar-refractivity contribution is 5.55. The number of aromatic nitrogens is 2. The molecule has 0 amide bonds. The lowest BCUT2D eigenvalue weighted by Crippen LogP contribution is -2.24. The number of nitrogens with one attached hydrogen (secondary N) is 1. The van der Waals surface area contributed by atoms with Gasteiger partial charge in [-0.15, -0.1) is 0 Å². The molecule has 0 aliphatic rings. The van der Waals surface area contributed by atoms with Crippen molar-refractivity contribution >= 4 is 0 Å². The van der Waals surface area contributed by atoms with Crippen molar-refractivity contribution in [3.63, 3.8) is 0 Å². The molecular weight excluding hydrogens is 258 g/mol. The van der Waals surface area contributed by atoms with Gasteiger partial charge in [0.2, 0.25) is 0 Å². The quantitative estimate of drug-likeness (QED) is 0.822. The minimum atomic E-state index is 0.545. The molecule has 0 aliphatic heterocycles. The van der Waals surface area contributed by atoms with Gasteiger partial charge >= 0.3 is 0 Å². The second-order valence-corrected chi connectivity index (χ2v) is 5.77. The molecule has 0 aliphatic carbocycles. The molecule has 0 saturated heterocycles. The zero-order valence-electron chi connectivity index (χ0n) is 13.5. The van der Waals surface area contributed by atoms with Gasteiger partial charge in [0.05, 0.1) is 0 Å². The molecule has 0 atom stereocenters. The molecule has 2 aromatic rings. The average molecular weight is 283 g/mol. The smallest absolute Gasteiger partial charge is 0.159 e. The zero-order valence-corrected chi connectivity index (χ0v) is 13.5. The Labute approximate surface area is 127 Å². The van der Waals surface area contributed by atoms with Gasteiger partial charge in [-0.25, -0.2) is 9.97 Å². The largest absolute Gasteiger partial charge is 0.315 e. The summed E-state index contributed by atoms with van der Waals surface area (Å²) >= 11 is 0. The lowest BCUT2D eigenvalue weighted by Gasteiger charge is -2.12. The van der Waals surface area contributed by atoms with E-state index in [2.05, 4.69) is 55.1 Å². The van der Waals surface area contributed by atoms with Crippen molar-refractivity contribution < 1.29 is 0 Å². The monoisotopic (exact) mass is 283 g/mol. The van der Waals surface area contributed by atoms with Crippen LogP contribution in [-0.4, -0.2) is 22.6 Å². The molecule has 3 nitrogen and oxygen atoms in total. The molecule has 3 heteroatoms. The highest BCUT2D eigenvalue weighted by Gasteiger charge is 2.09. The first-order valence-electron chi connectivity index (χ1n) is 7.71. The third kappa shape index (κ3) is 4.36. The SMILES string of the molecule is Cc1nc(-c2ccccc2)nc(C)c1CCCNC(C)C. The predicted molar refractivity (Wildman–Crippen MR) is 88.4 cm³/mol. The summed E-state index contributed by atoms with van der Waals surface area (Å²) in [4.78, 5) is 9.37. The number of hydrogen-bond acceptors (Lipinski definition) is 3. The fraction of sp³-hybridized carbons (Fsp3) is 0.444. The van der Waals surface area contributed by atoms with Crippen LogP contribution < -0.4 is 5.32 Å². The Morgan fingerprint density at radius 3 is 2.19 bits per heavy atom. The average Bonchev–Trinajstić information content (AvgIpc) is 2.46.